The van der Waals surface area contributed by atoms with Gasteiger partial charge in [-0.05, 0) is 46.2 Å². The van der Waals surface area contributed by atoms with E-state index in [1.54, 1.807) is 0 Å². The van der Waals surface area contributed by atoms with Crippen LogP contribution in [0, 0.1) is 13.8 Å². The van der Waals surface area contributed by atoms with E-state index in [-0.39, 0.29) is 11.9 Å². The van der Waals surface area contributed by atoms with Gasteiger partial charge in [-0.15, -0.1) is 11.6 Å². The Hall–Kier alpha value is -1.09. The molecular weight excluding hydrogens is 248 g/mol. The molecule has 0 unspecified atom stereocenters. The third kappa shape index (κ3) is 3.70. The number of nitrogens with zero attached hydrogens (tertiary/aromatic N) is 2. The lowest BCUT2D eigenvalue weighted by atomic mass is 10.1. The highest BCUT2D eigenvalue weighted by Gasteiger charge is 2.20. The quantitative estimate of drug-likeness (QED) is 0.769. The van der Waals surface area contributed by atoms with Crippen LogP contribution in [0.2, 0.25) is 0 Å². The maximum atomic E-state index is 12.5. The highest BCUT2D eigenvalue weighted by molar-refractivity contribution is 6.17. The molecule has 100 valence electrons. The van der Waals surface area contributed by atoms with E-state index in [4.69, 9.17) is 11.6 Å². The van der Waals surface area contributed by atoms with Gasteiger partial charge in [-0.2, -0.15) is 0 Å². The third-order valence-electron chi connectivity index (χ3n) is 2.87. The van der Waals surface area contributed by atoms with Gasteiger partial charge < -0.3 is 4.90 Å². The minimum absolute atomic E-state index is 0.0418. The first kappa shape index (κ1) is 15.0. The van der Waals surface area contributed by atoms with Crippen molar-refractivity contribution in [3.63, 3.8) is 0 Å². The number of alkyl halides is 1. The number of amides is 1. The summed E-state index contributed by atoms with van der Waals surface area (Å²) in [4.78, 5) is 18.7. The van der Waals surface area contributed by atoms with Gasteiger partial charge in [0.15, 0.2) is 0 Å². The number of pyridine rings is 1. The van der Waals surface area contributed by atoms with Crippen molar-refractivity contribution >= 4 is 17.5 Å². The predicted octanol–water partition coefficient (Wildman–Crippen LogP) is 3.18. The molecule has 0 spiro atoms. The van der Waals surface area contributed by atoms with Crippen molar-refractivity contribution < 1.29 is 4.79 Å². The van der Waals surface area contributed by atoms with Gasteiger partial charge in [0.2, 0.25) is 0 Å². The Morgan fingerprint density at radius 2 is 2.06 bits per heavy atom. The molecule has 0 aromatic carbocycles. The molecule has 1 heterocycles. The second-order valence-electron chi connectivity index (χ2n) is 4.72. The molecule has 0 bridgehead atoms. The summed E-state index contributed by atoms with van der Waals surface area (Å²) in [7, 11) is 0. The van der Waals surface area contributed by atoms with Gasteiger partial charge in [0, 0.05) is 24.2 Å². The minimum atomic E-state index is 0.0418. The Kier molecular flexibility index (Phi) is 5.60. The second kappa shape index (κ2) is 6.74. The number of aromatic nitrogens is 1. The number of halogens is 1. The van der Waals surface area contributed by atoms with Crippen LogP contribution in [-0.2, 0) is 0 Å². The molecular formula is C14H21ClN2O. The maximum Gasteiger partial charge on any atom is 0.255 e. The number of hydrogen-bond donors (Lipinski definition) is 0. The molecule has 0 aliphatic rings. The summed E-state index contributed by atoms with van der Waals surface area (Å²) in [5.41, 5.74) is 2.40. The van der Waals surface area contributed by atoms with Gasteiger partial charge in [-0.25, -0.2) is 0 Å². The Labute approximate surface area is 114 Å². The average molecular weight is 269 g/mol. The lowest BCUT2D eigenvalue weighted by Gasteiger charge is -2.27. The topological polar surface area (TPSA) is 33.2 Å². The first-order valence-electron chi connectivity index (χ1n) is 6.28. The van der Waals surface area contributed by atoms with Crippen molar-refractivity contribution in [3.05, 3.63) is 29.1 Å². The number of aryl methyl sites for hydroxylation is 2. The third-order valence-corrected chi connectivity index (χ3v) is 3.14. The van der Waals surface area contributed by atoms with Gasteiger partial charge in [0.05, 0.1) is 11.3 Å². The van der Waals surface area contributed by atoms with Gasteiger partial charge in [-0.3, -0.25) is 9.78 Å². The van der Waals surface area contributed by atoms with E-state index in [0.717, 1.165) is 17.8 Å². The van der Waals surface area contributed by atoms with E-state index in [0.29, 0.717) is 18.0 Å². The van der Waals surface area contributed by atoms with Crippen LogP contribution in [0.15, 0.2) is 12.1 Å². The Balaban J connectivity index is 2.94. The molecule has 0 saturated carbocycles. The zero-order valence-corrected chi connectivity index (χ0v) is 12.3. The first-order chi connectivity index (χ1) is 8.47. The highest BCUT2D eigenvalue weighted by Crippen LogP contribution is 2.13. The van der Waals surface area contributed by atoms with Crippen molar-refractivity contribution in [2.24, 2.45) is 0 Å². The number of carbonyl (C=O) groups excluding carboxylic acids is 1. The summed E-state index contributed by atoms with van der Waals surface area (Å²) in [6.45, 7) is 8.52. The summed E-state index contributed by atoms with van der Waals surface area (Å²) in [5, 5.41) is 0. The minimum Gasteiger partial charge on any atom is -0.336 e. The number of rotatable bonds is 5. The van der Waals surface area contributed by atoms with Crippen LogP contribution in [0.3, 0.4) is 0 Å². The molecule has 0 radical (unpaired) electrons. The van der Waals surface area contributed by atoms with Crippen LogP contribution in [-0.4, -0.2) is 34.3 Å². The summed E-state index contributed by atoms with van der Waals surface area (Å²) >= 11 is 5.70. The molecule has 18 heavy (non-hydrogen) atoms. The normalized spacial score (nSPS) is 10.8. The Bertz CT molecular complexity index is 418. The standard InChI is InChI=1S/C14H21ClN2O/c1-10(2)17(9-5-8-15)14(18)13-7-6-11(3)16-12(13)4/h6-7,10H,5,8-9H2,1-4H3. The van der Waals surface area contributed by atoms with Gasteiger partial charge in [-0.1, -0.05) is 0 Å². The summed E-state index contributed by atoms with van der Waals surface area (Å²) < 4.78 is 0. The molecule has 3 nitrogen and oxygen atoms in total. The van der Waals surface area contributed by atoms with Gasteiger partial charge >= 0.3 is 0 Å². The fraction of sp³-hybridized carbons (Fsp3) is 0.571. The molecule has 1 rings (SSSR count). The molecule has 4 heteroatoms. The molecule has 0 atom stereocenters. The molecule has 1 aromatic rings. The van der Waals surface area contributed by atoms with Crippen molar-refractivity contribution in [1.82, 2.24) is 9.88 Å². The lowest BCUT2D eigenvalue weighted by molar-refractivity contribution is 0.0705. The van der Waals surface area contributed by atoms with Crippen LogP contribution in [0.4, 0.5) is 0 Å². The molecule has 0 aliphatic heterocycles. The summed E-state index contributed by atoms with van der Waals surface area (Å²) in [5.74, 6) is 0.613. The Morgan fingerprint density at radius 1 is 1.39 bits per heavy atom. The van der Waals surface area contributed by atoms with Crippen LogP contribution >= 0.6 is 11.6 Å². The Morgan fingerprint density at radius 3 is 2.56 bits per heavy atom. The van der Waals surface area contributed by atoms with E-state index >= 15 is 0 Å². The molecule has 1 aromatic heterocycles. The van der Waals surface area contributed by atoms with Crippen LogP contribution in [0.25, 0.3) is 0 Å². The predicted molar refractivity (Wildman–Crippen MR) is 75.2 cm³/mol. The first-order valence-corrected chi connectivity index (χ1v) is 6.82. The molecule has 0 N–H and O–H groups in total. The zero-order valence-electron chi connectivity index (χ0n) is 11.5. The second-order valence-corrected chi connectivity index (χ2v) is 5.10. The number of hydrogen-bond acceptors (Lipinski definition) is 2. The van der Waals surface area contributed by atoms with E-state index in [1.807, 2.05) is 44.7 Å². The molecule has 0 aliphatic carbocycles. The van der Waals surface area contributed by atoms with E-state index in [2.05, 4.69) is 4.98 Å². The van der Waals surface area contributed by atoms with Crippen molar-refractivity contribution in [2.45, 2.75) is 40.2 Å². The molecule has 0 fully saturated rings. The number of carbonyl (C=O) groups is 1. The smallest absolute Gasteiger partial charge is 0.255 e. The van der Waals surface area contributed by atoms with Crippen LogP contribution in [0.1, 0.15) is 42.0 Å². The maximum absolute atomic E-state index is 12.5. The van der Waals surface area contributed by atoms with E-state index in [1.165, 1.54) is 0 Å². The van der Waals surface area contributed by atoms with E-state index < -0.39 is 0 Å². The van der Waals surface area contributed by atoms with Crippen molar-refractivity contribution in [3.8, 4) is 0 Å². The monoisotopic (exact) mass is 268 g/mol. The molecule has 1 amide bonds. The van der Waals surface area contributed by atoms with E-state index in [9.17, 15) is 4.79 Å². The fourth-order valence-electron chi connectivity index (χ4n) is 1.89. The lowest BCUT2D eigenvalue weighted by Crippen LogP contribution is -2.38. The average Bonchev–Trinajstić information content (AvgIpc) is 2.28. The zero-order chi connectivity index (χ0) is 13.7. The van der Waals surface area contributed by atoms with Crippen molar-refractivity contribution in [1.29, 1.82) is 0 Å². The van der Waals surface area contributed by atoms with Crippen LogP contribution in [0.5, 0.6) is 0 Å². The largest absolute Gasteiger partial charge is 0.336 e. The van der Waals surface area contributed by atoms with Gasteiger partial charge in [0.25, 0.3) is 5.91 Å². The fourth-order valence-corrected chi connectivity index (χ4v) is 2.01. The highest BCUT2D eigenvalue weighted by atomic mass is 35.5. The molecule has 0 saturated heterocycles. The van der Waals surface area contributed by atoms with Crippen molar-refractivity contribution in [2.75, 3.05) is 12.4 Å². The van der Waals surface area contributed by atoms with Crippen LogP contribution < -0.4 is 0 Å². The summed E-state index contributed by atoms with van der Waals surface area (Å²) in [6, 6.07) is 3.90. The SMILES string of the molecule is Cc1ccc(C(=O)N(CCCCl)C(C)C)c(C)n1. The summed E-state index contributed by atoms with van der Waals surface area (Å²) in [6.07, 6.45) is 0.809. The van der Waals surface area contributed by atoms with Gasteiger partial charge in [0.1, 0.15) is 0 Å².